The van der Waals surface area contributed by atoms with Crippen LogP contribution in [0.2, 0.25) is 0 Å². The molecule has 0 heterocycles. The molecule has 0 aliphatic rings. The molecular weight excluding hydrogens is 226 g/mol. The molecule has 0 aromatic carbocycles. The van der Waals surface area contributed by atoms with Crippen LogP contribution in [0.25, 0.3) is 0 Å². The molecular formula is C10H21NO4Si. The number of isocyanates is 1. The number of rotatable bonds is 8. The van der Waals surface area contributed by atoms with Crippen molar-refractivity contribution >= 4 is 15.0 Å². The molecule has 1 atom stereocenters. The van der Waals surface area contributed by atoms with Crippen LogP contribution in [0.3, 0.4) is 0 Å². The largest absolute Gasteiger partial charge is 0.663 e. The summed E-state index contributed by atoms with van der Waals surface area (Å²) in [6.07, 6.45) is 1.40. The van der Waals surface area contributed by atoms with E-state index < -0.39 is 8.97 Å². The van der Waals surface area contributed by atoms with Crippen molar-refractivity contribution in [1.29, 1.82) is 0 Å². The van der Waals surface area contributed by atoms with Crippen molar-refractivity contribution in [3.63, 3.8) is 0 Å². The molecule has 0 fully saturated rings. The minimum Gasteiger partial charge on any atom is -0.355 e. The molecule has 5 nitrogen and oxygen atoms in total. The summed E-state index contributed by atoms with van der Waals surface area (Å²) in [5.74, 6) is 0.301. The molecule has 1 unspecified atom stereocenters. The third kappa shape index (κ3) is 5.00. The van der Waals surface area contributed by atoms with E-state index in [1.165, 1.54) is 6.08 Å². The van der Waals surface area contributed by atoms with Gasteiger partial charge in [0.25, 0.3) is 0 Å². The van der Waals surface area contributed by atoms with Crippen molar-refractivity contribution in [2.75, 3.05) is 13.2 Å². The maximum Gasteiger partial charge on any atom is 0.663 e. The van der Waals surface area contributed by atoms with Gasteiger partial charge in [0, 0.05) is 13.2 Å². The topological polar surface area (TPSA) is 57.1 Å². The van der Waals surface area contributed by atoms with Crippen LogP contribution >= 0.6 is 0 Å². The van der Waals surface area contributed by atoms with Gasteiger partial charge < -0.3 is 13.3 Å². The number of nitrogens with zero attached hydrogens (tertiary/aromatic N) is 1. The highest BCUT2D eigenvalue weighted by molar-refractivity contribution is 6.59. The second-order valence-electron chi connectivity index (χ2n) is 3.66. The Kier molecular flexibility index (Phi) is 7.45. The van der Waals surface area contributed by atoms with Crippen LogP contribution in [0.1, 0.15) is 34.6 Å². The zero-order valence-electron chi connectivity index (χ0n) is 10.6. The molecule has 16 heavy (non-hydrogen) atoms. The zero-order chi connectivity index (χ0) is 12.6. The summed E-state index contributed by atoms with van der Waals surface area (Å²) in [7, 11) is -3.22. The first-order chi connectivity index (χ1) is 7.51. The van der Waals surface area contributed by atoms with E-state index in [0.29, 0.717) is 19.1 Å². The molecule has 0 aliphatic carbocycles. The van der Waals surface area contributed by atoms with Crippen LogP contribution in [-0.2, 0) is 18.1 Å². The summed E-state index contributed by atoms with van der Waals surface area (Å²) in [4.78, 5) is 10.4. The Bertz CT molecular complexity index is 235. The molecule has 0 amide bonds. The van der Waals surface area contributed by atoms with Gasteiger partial charge in [0.2, 0.25) is 6.08 Å². The lowest BCUT2D eigenvalue weighted by Crippen LogP contribution is -2.47. The van der Waals surface area contributed by atoms with Crippen molar-refractivity contribution < 1.29 is 18.1 Å². The quantitative estimate of drug-likeness (QED) is 0.373. The van der Waals surface area contributed by atoms with Gasteiger partial charge >= 0.3 is 8.97 Å². The van der Waals surface area contributed by atoms with E-state index in [1.54, 1.807) is 0 Å². The van der Waals surface area contributed by atoms with Crippen molar-refractivity contribution in [1.82, 2.24) is 0 Å². The SMILES string of the molecule is CCO[Si](N=C=O)(OCC)OC(C)C(C)C. The van der Waals surface area contributed by atoms with E-state index in [0.717, 1.165) is 0 Å². The Labute approximate surface area is 98.3 Å². The Balaban J connectivity index is 4.78. The van der Waals surface area contributed by atoms with E-state index in [1.807, 2.05) is 34.6 Å². The van der Waals surface area contributed by atoms with Crippen molar-refractivity contribution in [3.05, 3.63) is 0 Å². The van der Waals surface area contributed by atoms with Crippen LogP contribution in [0, 0.1) is 5.92 Å². The molecule has 0 bridgehead atoms. The molecule has 6 heteroatoms. The first-order valence-electron chi connectivity index (χ1n) is 5.56. The summed E-state index contributed by atoms with van der Waals surface area (Å²) >= 11 is 0. The van der Waals surface area contributed by atoms with Gasteiger partial charge in [0.15, 0.2) is 0 Å². The molecule has 0 radical (unpaired) electrons. The number of hydrogen-bond donors (Lipinski definition) is 0. The van der Waals surface area contributed by atoms with Gasteiger partial charge in [-0.1, -0.05) is 13.8 Å². The third-order valence-electron chi connectivity index (χ3n) is 2.11. The minimum atomic E-state index is -3.22. The fourth-order valence-electron chi connectivity index (χ4n) is 0.992. The fraction of sp³-hybridized carbons (Fsp3) is 0.900. The summed E-state index contributed by atoms with van der Waals surface area (Å²) in [6.45, 7) is 10.4. The van der Waals surface area contributed by atoms with Crippen LogP contribution in [0.5, 0.6) is 0 Å². The Morgan fingerprint density at radius 1 is 1.19 bits per heavy atom. The van der Waals surface area contributed by atoms with E-state index in [2.05, 4.69) is 4.66 Å². The van der Waals surface area contributed by atoms with Crippen LogP contribution < -0.4 is 0 Å². The van der Waals surface area contributed by atoms with Gasteiger partial charge in [-0.15, -0.1) is 0 Å². The van der Waals surface area contributed by atoms with Crippen molar-refractivity contribution in [2.45, 2.75) is 40.7 Å². The Morgan fingerprint density at radius 2 is 1.69 bits per heavy atom. The second kappa shape index (κ2) is 7.70. The van der Waals surface area contributed by atoms with Crippen molar-refractivity contribution in [2.24, 2.45) is 10.6 Å². The molecule has 0 saturated heterocycles. The average molecular weight is 247 g/mol. The fourth-order valence-corrected chi connectivity index (χ4v) is 2.98. The standard InChI is InChI=1S/C10H21NO4Si/c1-6-13-16(11-8-12,14-7-2)15-10(5)9(3)4/h9-10H,6-7H2,1-5H3. The summed E-state index contributed by atoms with van der Waals surface area (Å²) in [5.41, 5.74) is 0. The average Bonchev–Trinajstić information content (AvgIpc) is 2.18. The maximum absolute atomic E-state index is 10.4. The van der Waals surface area contributed by atoms with E-state index in [-0.39, 0.29) is 6.10 Å². The van der Waals surface area contributed by atoms with Crippen molar-refractivity contribution in [3.8, 4) is 0 Å². The molecule has 0 aliphatic heterocycles. The molecule has 0 aromatic heterocycles. The molecule has 0 N–H and O–H groups in total. The maximum atomic E-state index is 10.4. The lowest BCUT2D eigenvalue weighted by atomic mass is 10.1. The van der Waals surface area contributed by atoms with Gasteiger partial charge in [-0.3, -0.25) is 0 Å². The third-order valence-corrected chi connectivity index (χ3v) is 4.45. The normalized spacial score (nSPS) is 13.6. The van der Waals surface area contributed by atoms with Gasteiger partial charge in [-0.25, -0.2) is 4.79 Å². The smallest absolute Gasteiger partial charge is 0.355 e. The molecule has 0 aromatic rings. The molecule has 94 valence electrons. The summed E-state index contributed by atoms with van der Waals surface area (Å²) in [6, 6.07) is 0. The van der Waals surface area contributed by atoms with Gasteiger partial charge in [-0.05, 0) is 26.7 Å². The summed E-state index contributed by atoms with van der Waals surface area (Å²) < 4.78 is 20.1. The van der Waals surface area contributed by atoms with E-state index in [4.69, 9.17) is 13.3 Å². The van der Waals surface area contributed by atoms with Crippen LogP contribution in [0.15, 0.2) is 4.66 Å². The minimum absolute atomic E-state index is 0.0816. The van der Waals surface area contributed by atoms with Crippen LogP contribution in [0.4, 0.5) is 0 Å². The first-order valence-corrected chi connectivity index (χ1v) is 7.23. The Morgan fingerprint density at radius 3 is 2.00 bits per heavy atom. The lowest BCUT2D eigenvalue weighted by molar-refractivity contribution is 0.0239. The number of carbonyl (C=O) groups excluding carboxylic acids is 1. The lowest BCUT2D eigenvalue weighted by Gasteiger charge is -2.27. The first kappa shape index (κ1) is 15.5. The highest BCUT2D eigenvalue weighted by atomic mass is 28.4. The molecule has 0 saturated carbocycles. The second-order valence-corrected chi connectivity index (χ2v) is 5.74. The van der Waals surface area contributed by atoms with Gasteiger partial charge in [0.1, 0.15) is 0 Å². The highest BCUT2D eigenvalue weighted by Gasteiger charge is 2.45. The molecule has 0 spiro atoms. The van der Waals surface area contributed by atoms with Crippen LogP contribution in [-0.4, -0.2) is 34.4 Å². The summed E-state index contributed by atoms with van der Waals surface area (Å²) in [5, 5.41) is 0. The van der Waals surface area contributed by atoms with E-state index in [9.17, 15) is 4.79 Å². The predicted octanol–water partition coefficient (Wildman–Crippen LogP) is 1.89. The monoisotopic (exact) mass is 247 g/mol. The Hall–Kier alpha value is -0.523. The zero-order valence-corrected chi connectivity index (χ0v) is 11.6. The van der Waals surface area contributed by atoms with E-state index >= 15 is 0 Å². The molecule has 0 rings (SSSR count). The van der Waals surface area contributed by atoms with Gasteiger partial charge in [0.05, 0.1) is 6.10 Å². The highest BCUT2D eigenvalue weighted by Crippen LogP contribution is 2.17. The van der Waals surface area contributed by atoms with Gasteiger partial charge in [-0.2, -0.15) is 4.66 Å². The number of hydrogen-bond acceptors (Lipinski definition) is 5. The predicted molar refractivity (Wildman–Crippen MR) is 62.5 cm³/mol.